The summed E-state index contributed by atoms with van der Waals surface area (Å²) < 4.78 is 18.8. The lowest BCUT2D eigenvalue weighted by Gasteiger charge is -2.08. The van der Waals surface area contributed by atoms with Gasteiger partial charge in [0.15, 0.2) is 0 Å². The Morgan fingerprint density at radius 3 is 2.76 bits per heavy atom. The van der Waals surface area contributed by atoms with Crippen molar-refractivity contribution in [3.63, 3.8) is 0 Å². The van der Waals surface area contributed by atoms with E-state index in [1.54, 1.807) is 24.1 Å². The Balaban J connectivity index is 2.32. The molecule has 0 N–H and O–H groups in total. The van der Waals surface area contributed by atoms with Crippen molar-refractivity contribution >= 4 is 16.3 Å². The summed E-state index contributed by atoms with van der Waals surface area (Å²) in [4.78, 5) is 4.15. The fourth-order valence-electron chi connectivity index (χ4n) is 2.31. The number of aryl methyl sites for hydroxylation is 1. The first-order chi connectivity index (χ1) is 10.1. The standard InChI is InChI=1S/C15H15N3O2S/c1-10-8-12(11-6-4-5-7-14(11)20-2)18-13(10)9-16-15(17-18)21(3)19/h4-9H,1-3H3. The Bertz CT molecular complexity index is 842. The second-order valence-electron chi connectivity index (χ2n) is 4.70. The zero-order chi connectivity index (χ0) is 15.0. The van der Waals surface area contributed by atoms with Gasteiger partial charge in [0.05, 0.1) is 35.3 Å². The summed E-state index contributed by atoms with van der Waals surface area (Å²) in [6.45, 7) is 2.00. The van der Waals surface area contributed by atoms with Crippen LogP contribution in [-0.2, 0) is 10.8 Å². The zero-order valence-corrected chi connectivity index (χ0v) is 12.8. The van der Waals surface area contributed by atoms with E-state index in [9.17, 15) is 4.21 Å². The molecule has 0 aliphatic heterocycles. The summed E-state index contributed by atoms with van der Waals surface area (Å²) >= 11 is 0. The fraction of sp³-hybridized carbons (Fsp3) is 0.200. The zero-order valence-electron chi connectivity index (χ0n) is 12.0. The molecule has 5 nitrogen and oxygen atoms in total. The Morgan fingerprint density at radius 2 is 2.05 bits per heavy atom. The highest BCUT2D eigenvalue weighted by Gasteiger charge is 2.14. The van der Waals surface area contributed by atoms with E-state index in [-0.39, 0.29) is 0 Å². The van der Waals surface area contributed by atoms with Gasteiger partial charge in [-0.1, -0.05) is 12.1 Å². The smallest absolute Gasteiger partial charge is 0.237 e. The molecule has 2 heterocycles. The Kier molecular flexibility index (Phi) is 3.47. The monoisotopic (exact) mass is 301 g/mol. The summed E-state index contributed by atoms with van der Waals surface area (Å²) in [6, 6.07) is 9.79. The predicted molar refractivity (Wildman–Crippen MR) is 82.0 cm³/mol. The van der Waals surface area contributed by atoms with Crippen LogP contribution in [0.5, 0.6) is 5.75 Å². The van der Waals surface area contributed by atoms with Crippen LogP contribution in [0, 0.1) is 6.92 Å². The quantitative estimate of drug-likeness (QED) is 0.745. The molecule has 108 valence electrons. The number of para-hydroxylation sites is 1. The highest BCUT2D eigenvalue weighted by atomic mass is 32.2. The van der Waals surface area contributed by atoms with Gasteiger partial charge in [-0.05, 0) is 30.7 Å². The lowest BCUT2D eigenvalue weighted by Crippen LogP contribution is -2.04. The SMILES string of the molecule is COc1ccccc1-c1cc(C)c2cnc(S(C)=O)nn12. The van der Waals surface area contributed by atoms with Crippen LogP contribution in [0.1, 0.15) is 5.56 Å². The van der Waals surface area contributed by atoms with Gasteiger partial charge >= 0.3 is 0 Å². The van der Waals surface area contributed by atoms with Gasteiger partial charge in [-0.15, -0.1) is 5.10 Å². The summed E-state index contributed by atoms with van der Waals surface area (Å²) in [5.41, 5.74) is 3.79. The number of fused-ring (bicyclic) bond motifs is 1. The molecular formula is C15H15N3O2S. The lowest BCUT2D eigenvalue weighted by atomic mass is 10.1. The van der Waals surface area contributed by atoms with E-state index < -0.39 is 10.8 Å². The third kappa shape index (κ3) is 2.31. The summed E-state index contributed by atoms with van der Waals surface area (Å²) in [7, 11) is 0.420. The van der Waals surface area contributed by atoms with Crippen molar-refractivity contribution < 1.29 is 8.95 Å². The second kappa shape index (κ2) is 5.29. The number of aromatic nitrogens is 3. The normalized spacial score (nSPS) is 12.5. The van der Waals surface area contributed by atoms with Gasteiger partial charge in [0.2, 0.25) is 5.16 Å². The first-order valence-corrected chi connectivity index (χ1v) is 8.00. The van der Waals surface area contributed by atoms with Crippen LogP contribution in [0.15, 0.2) is 41.7 Å². The van der Waals surface area contributed by atoms with E-state index in [2.05, 4.69) is 10.1 Å². The van der Waals surface area contributed by atoms with Crippen LogP contribution in [0.2, 0.25) is 0 Å². The van der Waals surface area contributed by atoms with Gasteiger partial charge in [-0.3, -0.25) is 4.21 Å². The maximum Gasteiger partial charge on any atom is 0.237 e. The Morgan fingerprint density at radius 1 is 1.29 bits per heavy atom. The topological polar surface area (TPSA) is 56.5 Å². The lowest BCUT2D eigenvalue weighted by molar-refractivity contribution is 0.416. The maximum absolute atomic E-state index is 11.6. The van der Waals surface area contributed by atoms with Crippen LogP contribution >= 0.6 is 0 Å². The van der Waals surface area contributed by atoms with Crippen molar-refractivity contribution in [2.24, 2.45) is 0 Å². The maximum atomic E-state index is 11.6. The van der Waals surface area contributed by atoms with Gasteiger partial charge in [0.1, 0.15) is 5.75 Å². The molecule has 0 fully saturated rings. The molecule has 0 saturated heterocycles. The molecule has 3 aromatic rings. The molecular weight excluding hydrogens is 286 g/mol. The van der Waals surface area contributed by atoms with E-state index in [1.807, 2.05) is 37.3 Å². The van der Waals surface area contributed by atoms with E-state index >= 15 is 0 Å². The molecule has 2 aromatic heterocycles. The average molecular weight is 301 g/mol. The molecule has 21 heavy (non-hydrogen) atoms. The second-order valence-corrected chi connectivity index (χ2v) is 5.98. The van der Waals surface area contributed by atoms with Gasteiger partial charge in [-0.25, -0.2) is 9.50 Å². The molecule has 0 saturated carbocycles. The third-order valence-electron chi connectivity index (χ3n) is 3.34. The van der Waals surface area contributed by atoms with Crippen LogP contribution in [0.4, 0.5) is 0 Å². The van der Waals surface area contributed by atoms with Crippen molar-refractivity contribution in [2.75, 3.05) is 13.4 Å². The van der Waals surface area contributed by atoms with Gasteiger partial charge in [0.25, 0.3) is 0 Å². The third-order valence-corrected chi connectivity index (χ3v) is 4.04. The molecule has 3 rings (SSSR count). The number of hydrogen-bond acceptors (Lipinski definition) is 4. The summed E-state index contributed by atoms with van der Waals surface area (Å²) in [6.07, 6.45) is 3.28. The molecule has 0 bridgehead atoms. The van der Waals surface area contributed by atoms with E-state index in [0.29, 0.717) is 5.16 Å². The van der Waals surface area contributed by atoms with Crippen LogP contribution in [0.25, 0.3) is 16.8 Å². The minimum atomic E-state index is -1.22. The van der Waals surface area contributed by atoms with Crippen molar-refractivity contribution in [1.82, 2.24) is 14.6 Å². The first-order valence-electron chi connectivity index (χ1n) is 6.44. The minimum absolute atomic E-state index is 0.314. The van der Waals surface area contributed by atoms with E-state index in [1.165, 1.54) is 0 Å². The molecule has 1 atom stereocenters. The molecule has 1 unspecified atom stereocenters. The van der Waals surface area contributed by atoms with E-state index in [0.717, 1.165) is 28.1 Å². The summed E-state index contributed by atoms with van der Waals surface area (Å²) in [5, 5.41) is 4.71. The highest BCUT2D eigenvalue weighted by Crippen LogP contribution is 2.32. The minimum Gasteiger partial charge on any atom is -0.496 e. The van der Waals surface area contributed by atoms with Gasteiger partial charge in [0, 0.05) is 11.8 Å². The molecule has 0 radical (unpaired) electrons. The number of methoxy groups -OCH3 is 1. The van der Waals surface area contributed by atoms with Crippen molar-refractivity contribution in [3.05, 3.63) is 42.1 Å². The van der Waals surface area contributed by atoms with Crippen LogP contribution in [-0.4, -0.2) is 32.2 Å². The van der Waals surface area contributed by atoms with Gasteiger partial charge in [-0.2, -0.15) is 0 Å². The number of ether oxygens (including phenoxy) is 1. The number of benzene rings is 1. The Labute approximate surface area is 125 Å². The molecule has 0 aliphatic carbocycles. The molecule has 0 spiro atoms. The largest absolute Gasteiger partial charge is 0.496 e. The first kappa shape index (κ1) is 13.8. The molecule has 0 aliphatic rings. The highest BCUT2D eigenvalue weighted by molar-refractivity contribution is 7.84. The van der Waals surface area contributed by atoms with Crippen molar-refractivity contribution in [3.8, 4) is 17.0 Å². The predicted octanol–water partition coefficient (Wildman–Crippen LogP) is 2.45. The molecule has 6 heteroatoms. The number of rotatable bonds is 3. The number of nitrogens with zero attached hydrogens (tertiary/aromatic N) is 3. The summed E-state index contributed by atoms with van der Waals surface area (Å²) in [5.74, 6) is 0.773. The van der Waals surface area contributed by atoms with Crippen LogP contribution in [0.3, 0.4) is 0 Å². The van der Waals surface area contributed by atoms with Crippen molar-refractivity contribution in [2.45, 2.75) is 12.1 Å². The van der Waals surface area contributed by atoms with Crippen molar-refractivity contribution in [1.29, 1.82) is 0 Å². The van der Waals surface area contributed by atoms with Gasteiger partial charge < -0.3 is 4.74 Å². The average Bonchev–Trinajstić information content (AvgIpc) is 2.83. The Hall–Kier alpha value is -2.21. The number of hydrogen-bond donors (Lipinski definition) is 0. The van der Waals surface area contributed by atoms with E-state index in [4.69, 9.17) is 4.74 Å². The molecule has 0 amide bonds. The van der Waals surface area contributed by atoms with Crippen LogP contribution < -0.4 is 4.74 Å². The molecule has 1 aromatic carbocycles. The fourth-order valence-corrected chi connectivity index (χ4v) is 2.71.